The molecule has 8 nitrogen and oxygen atoms in total. The molecule has 0 radical (unpaired) electrons. The fourth-order valence-corrected chi connectivity index (χ4v) is 2.00. The predicted octanol–water partition coefficient (Wildman–Crippen LogP) is 1.08. The Morgan fingerprint density at radius 1 is 1.16 bits per heavy atom. The normalized spacial score (nSPS) is 10.5. The molecule has 2 aromatic rings. The average Bonchev–Trinajstić information content (AvgIpc) is 3.10. The number of anilines is 1. The number of carbonyl (C=O) groups is 2. The van der Waals surface area contributed by atoms with E-state index in [1.807, 2.05) is 37.2 Å². The minimum Gasteiger partial charge on any atom is -0.484 e. The van der Waals surface area contributed by atoms with Gasteiger partial charge >= 0.3 is 0 Å². The first-order chi connectivity index (χ1) is 12.0. The molecular weight excluding hydrogens is 324 g/mol. The Hall–Kier alpha value is -2.87. The average molecular weight is 346 g/mol. The summed E-state index contributed by atoms with van der Waals surface area (Å²) in [5, 5.41) is 6.19. The van der Waals surface area contributed by atoms with Gasteiger partial charge in [0.05, 0.1) is 0 Å². The van der Waals surface area contributed by atoms with Crippen LogP contribution in [0.5, 0.6) is 5.75 Å². The lowest BCUT2D eigenvalue weighted by Crippen LogP contribution is -2.43. The van der Waals surface area contributed by atoms with Crippen molar-refractivity contribution < 1.29 is 18.8 Å². The van der Waals surface area contributed by atoms with E-state index in [2.05, 4.69) is 15.0 Å². The number of hydrogen-bond donors (Lipinski definition) is 1. The van der Waals surface area contributed by atoms with E-state index in [1.54, 1.807) is 12.1 Å². The third-order valence-electron chi connectivity index (χ3n) is 3.32. The lowest BCUT2D eigenvalue weighted by molar-refractivity contribution is -0.136. The second-order valence-corrected chi connectivity index (χ2v) is 5.65. The highest BCUT2D eigenvalue weighted by atomic mass is 16.5. The van der Waals surface area contributed by atoms with Crippen molar-refractivity contribution in [3.63, 3.8) is 0 Å². The zero-order valence-electron chi connectivity index (χ0n) is 14.3. The van der Waals surface area contributed by atoms with Crippen LogP contribution in [0.25, 0.3) is 0 Å². The van der Waals surface area contributed by atoms with Crippen molar-refractivity contribution in [1.29, 1.82) is 0 Å². The van der Waals surface area contributed by atoms with Gasteiger partial charge in [0.1, 0.15) is 18.6 Å². The number of carbonyl (C=O) groups excluding carboxylic acids is 2. The predicted molar refractivity (Wildman–Crippen MR) is 92.2 cm³/mol. The van der Waals surface area contributed by atoms with Crippen LogP contribution in [-0.4, -0.2) is 67.1 Å². The van der Waals surface area contributed by atoms with Crippen LogP contribution in [-0.2, 0) is 9.59 Å². The molecule has 1 N–H and O–H groups in total. The minimum atomic E-state index is -0.347. The van der Waals surface area contributed by atoms with Gasteiger partial charge in [-0.3, -0.25) is 9.59 Å². The van der Waals surface area contributed by atoms with Crippen LogP contribution in [0.15, 0.2) is 47.2 Å². The van der Waals surface area contributed by atoms with E-state index in [0.29, 0.717) is 24.7 Å². The summed E-state index contributed by atoms with van der Waals surface area (Å²) in [6, 6.07) is 10.6. The zero-order chi connectivity index (χ0) is 18.1. The molecule has 0 spiro atoms. The third kappa shape index (κ3) is 6.64. The molecule has 8 heteroatoms. The summed E-state index contributed by atoms with van der Waals surface area (Å²) in [7, 11) is 3.80. The molecule has 0 atom stereocenters. The Kier molecular flexibility index (Phi) is 6.97. The number of rotatable bonds is 9. The smallest absolute Gasteiger partial charge is 0.261 e. The van der Waals surface area contributed by atoms with Crippen LogP contribution in [0.4, 0.5) is 5.82 Å². The van der Waals surface area contributed by atoms with Crippen LogP contribution < -0.4 is 10.1 Å². The maximum absolute atomic E-state index is 12.4. The molecular formula is C17H22N4O4. The van der Waals surface area contributed by atoms with Crippen molar-refractivity contribution in [3.8, 4) is 5.75 Å². The number of likely N-dealkylation sites (N-methyl/N-ethyl adjacent to an activating group) is 1. The summed E-state index contributed by atoms with van der Waals surface area (Å²) in [5.74, 6) is 0.308. The monoisotopic (exact) mass is 346 g/mol. The Morgan fingerprint density at radius 3 is 2.56 bits per heavy atom. The maximum Gasteiger partial charge on any atom is 0.261 e. The van der Waals surface area contributed by atoms with Crippen molar-refractivity contribution in [3.05, 3.63) is 42.7 Å². The first-order valence-corrected chi connectivity index (χ1v) is 7.85. The molecule has 0 saturated heterocycles. The van der Waals surface area contributed by atoms with Crippen molar-refractivity contribution in [2.45, 2.75) is 0 Å². The van der Waals surface area contributed by atoms with Crippen LogP contribution in [0.3, 0.4) is 0 Å². The third-order valence-corrected chi connectivity index (χ3v) is 3.32. The highest BCUT2D eigenvalue weighted by Gasteiger charge is 2.18. The molecule has 0 bridgehead atoms. The fourth-order valence-electron chi connectivity index (χ4n) is 2.00. The number of para-hydroxylation sites is 1. The molecule has 0 aliphatic heterocycles. The molecule has 134 valence electrons. The van der Waals surface area contributed by atoms with E-state index in [1.165, 1.54) is 17.2 Å². The molecule has 2 amide bonds. The standard InChI is InChI=1S/C17H22N4O4/c1-20(2)9-10-21(12-16(22)18-15-8-11-25-19-15)17(23)13-24-14-6-4-3-5-7-14/h3-8,11H,9-10,12-13H2,1-2H3,(H,18,19,22). The number of amides is 2. The number of nitrogens with one attached hydrogen (secondary N) is 1. The van der Waals surface area contributed by atoms with Gasteiger partial charge in [0.25, 0.3) is 5.91 Å². The van der Waals surface area contributed by atoms with E-state index in [0.717, 1.165) is 0 Å². The number of nitrogens with zero attached hydrogens (tertiary/aromatic N) is 3. The molecule has 1 aromatic heterocycles. The number of hydrogen-bond acceptors (Lipinski definition) is 6. The molecule has 1 heterocycles. The molecule has 0 aliphatic rings. The number of aromatic nitrogens is 1. The second-order valence-electron chi connectivity index (χ2n) is 5.65. The lowest BCUT2D eigenvalue weighted by Gasteiger charge is -2.23. The van der Waals surface area contributed by atoms with Gasteiger partial charge in [0.2, 0.25) is 5.91 Å². The van der Waals surface area contributed by atoms with Gasteiger partial charge in [-0.05, 0) is 26.2 Å². The topological polar surface area (TPSA) is 87.9 Å². The van der Waals surface area contributed by atoms with E-state index >= 15 is 0 Å². The summed E-state index contributed by atoms with van der Waals surface area (Å²) in [5.41, 5.74) is 0. The minimum absolute atomic E-state index is 0.0856. The molecule has 0 saturated carbocycles. The van der Waals surface area contributed by atoms with E-state index in [4.69, 9.17) is 4.74 Å². The van der Waals surface area contributed by atoms with Crippen LogP contribution >= 0.6 is 0 Å². The maximum atomic E-state index is 12.4. The Morgan fingerprint density at radius 2 is 1.92 bits per heavy atom. The molecule has 1 aromatic carbocycles. The summed E-state index contributed by atoms with van der Waals surface area (Å²) < 4.78 is 10.1. The van der Waals surface area contributed by atoms with E-state index in [-0.39, 0.29) is 25.0 Å². The lowest BCUT2D eigenvalue weighted by atomic mass is 10.3. The van der Waals surface area contributed by atoms with E-state index < -0.39 is 0 Å². The summed E-state index contributed by atoms with van der Waals surface area (Å²) in [6.07, 6.45) is 1.36. The van der Waals surface area contributed by atoms with Gasteiger partial charge in [-0.2, -0.15) is 0 Å². The Balaban J connectivity index is 1.91. The zero-order valence-corrected chi connectivity index (χ0v) is 14.3. The van der Waals surface area contributed by atoms with Gasteiger partial charge in [-0.1, -0.05) is 23.4 Å². The van der Waals surface area contributed by atoms with Crippen molar-refractivity contribution in [2.24, 2.45) is 0 Å². The number of benzene rings is 1. The van der Waals surface area contributed by atoms with Gasteiger partial charge in [0, 0.05) is 19.2 Å². The summed E-state index contributed by atoms with van der Waals surface area (Å²) in [4.78, 5) is 27.9. The second kappa shape index (κ2) is 9.43. The molecule has 25 heavy (non-hydrogen) atoms. The highest BCUT2D eigenvalue weighted by molar-refractivity contribution is 5.93. The van der Waals surface area contributed by atoms with Gasteiger partial charge in [-0.25, -0.2) is 0 Å². The quantitative estimate of drug-likeness (QED) is 0.731. The Labute approximate surface area is 146 Å². The van der Waals surface area contributed by atoms with Gasteiger partial charge in [-0.15, -0.1) is 0 Å². The summed E-state index contributed by atoms with van der Waals surface area (Å²) >= 11 is 0. The van der Waals surface area contributed by atoms with Crippen molar-refractivity contribution in [2.75, 3.05) is 45.7 Å². The fraction of sp³-hybridized carbons (Fsp3) is 0.353. The number of ether oxygens (including phenoxy) is 1. The highest BCUT2D eigenvalue weighted by Crippen LogP contribution is 2.08. The first-order valence-electron chi connectivity index (χ1n) is 7.85. The first kappa shape index (κ1) is 18.5. The van der Waals surface area contributed by atoms with Crippen LogP contribution in [0.2, 0.25) is 0 Å². The molecule has 0 fully saturated rings. The molecule has 0 aliphatic carbocycles. The SMILES string of the molecule is CN(C)CCN(CC(=O)Nc1ccon1)C(=O)COc1ccccc1. The Bertz CT molecular complexity index is 659. The van der Waals surface area contributed by atoms with Crippen molar-refractivity contribution in [1.82, 2.24) is 15.0 Å². The van der Waals surface area contributed by atoms with Crippen LogP contribution in [0, 0.1) is 0 Å². The summed E-state index contributed by atoms with van der Waals surface area (Å²) in [6.45, 7) is 0.830. The van der Waals surface area contributed by atoms with E-state index in [9.17, 15) is 9.59 Å². The molecule has 0 unspecified atom stereocenters. The van der Waals surface area contributed by atoms with Gasteiger partial charge < -0.3 is 24.4 Å². The largest absolute Gasteiger partial charge is 0.484 e. The van der Waals surface area contributed by atoms with Crippen molar-refractivity contribution >= 4 is 17.6 Å². The van der Waals surface area contributed by atoms with Gasteiger partial charge in [0.15, 0.2) is 12.4 Å². The molecule has 2 rings (SSSR count). The van der Waals surface area contributed by atoms with Crippen LogP contribution in [0.1, 0.15) is 0 Å².